The number of hydrogen-bond donors (Lipinski definition) is 2. The summed E-state index contributed by atoms with van der Waals surface area (Å²) < 4.78 is 8.43. The van der Waals surface area contributed by atoms with Gasteiger partial charge in [0.15, 0.2) is 37.0 Å². The van der Waals surface area contributed by atoms with E-state index in [0.717, 1.165) is 13.8 Å². The first-order chi connectivity index (χ1) is 10.1. The summed E-state index contributed by atoms with van der Waals surface area (Å²) in [4.78, 5) is 65.4. The highest BCUT2D eigenvalue weighted by Crippen LogP contribution is 2.00. The van der Waals surface area contributed by atoms with E-state index in [1.165, 1.54) is 0 Å². The van der Waals surface area contributed by atoms with Crippen molar-refractivity contribution in [2.45, 2.75) is 26.1 Å². The van der Waals surface area contributed by atoms with Gasteiger partial charge in [-0.3, -0.25) is 19.2 Å². The molecule has 10 heteroatoms. The lowest BCUT2D eigenvalue weighted by atomic mass is 10.2. The number of esters is 2. The number of carbonyl (C=O) groups is 6. The molecule has 0 fully saturated rings. The van der Waals surface area contributed by atoms with Crippen LogP contribution in [0, 0.1) is 0 Å². The van der Waals surface area contributed by atoms with Crippen LogP contribution < -0.4 is 0 Å². The lowest BCUT2D eigenvalue weighted by molar-refractivity contribution is -0.174. The van der Waals surface area contributed by atoms with E-state index in [2.05, 4.69) is 9.47 Å². The predicted octanol–water partition coefficient (Wildman–Crippen LogP) is -2.89. The first-order valence-corrected chi connectivity index (χ1v) is 5.84. The molecule has 0 aliphatic carbocycles. The van der Waals surface area contributed by atoms with Gasteiger partial charge in [0.1, 0.15) is 0 Å². The molecule has 0 saturated heterocycles. The minimum absolute atomic E-state index is 0.884. The summed E-state index contributed by atoms with van der Waals surface area (Å²) in [6.07, 6.45) is -4.78. The van der Waals surface area contributed by atoms with Crippen LogP contribution in [0.1, 0.15) is 13.8 Å². The Hall–Kier alpha value is -2.46. The maximum Gasteiger partial charge on any atom is 0.338 e. The van der Waals surface area contributed by atoms with Crippen LogP contribution in [0.4, 0.5) is 0 Å². The van der Waals surface area contributed by atoms with Gasteiger partial charge >= 0.3 is 11.9 Å². The second-order valence-electron chi connectivity index (χ2n) is 4.06. The number of ketones is 4. The van der Waals surface area contributed by atoms with Crippen LogP contribution in [0.2, 0.25) is 0 Å². The first kappa shape index (κ1) is 19.5. The topological polar surface area (TPSA) is 161 Å². The summed E-state index contributed by atoms with van der Waals surface area (Å²) >= 11 is 0. The molecule has 0 aliphatic rings. The average Bonchev–Trinajstić information content (AvgIpc) is 2.47. The highest BCUT2D eigenvalue weighted by molar-refractivity contribution is 6.37. The van der Waals surface area contributed by atoms with E-state index in [1.807, 2.05) is 0 Å². The van der Waals surface area contributed by atoms with Crippen molar-refractivity contribution in [3.8, 4) is 0 Å². The summed E-state index contributed by atoms with van der Waals surface area (Å²) in [5, 5.41) is 18.6. The zero-order valence-electron chi connectivity index (χ0n) is 11.7. The zero-order chi connectivity index (χ0) is 17.4. The standard InChI is InChI=1S/C12H14O10/c1-5(13)7(15)3-21-11(19)9(17)10(18)12(20)22-4-8(16)6(2)14/h9-10,17-18H,3-4H2,1-2H3. The van der Waals surface area contributed by atoms with Gasteiger partial charge in [0.05, 0.1) is 0 Å². The molecule has 0 aromatic carbocycles. The van der Waals surface area contributed by atoms with Gasteiger partial charge in [-0.05, 0) is 0 Å². The molecule has 0 aromatic rings. The van der Waals surface area contributed by atoms with Crippen molar-refractivity contribution < 1.29 is 48.5 Å². The van der Waals surface area contributed by atoms with Crippen molar-refractivity contribution in [1.29, 1.82) is 0 Å². The number of Topliss-reactive ketones (excluding diaryl/α,β-unsaturated/α-hetero) is 4. The highest BCUT2D eigenvalue weighted by atomic mass is 16.6. The summed E-state index contributed by atoms with van der Waals surface area (Å²) in [6.45, 7) is -0.0542. The maximum atomic E-state index is 11.2. The number of ether oxygens (including phenoxy) is 2. The molecule has 10 nitrogen and oxygen atoms in total. The largest absolute Gasteiger partial charge is 0.455 e. The molecular weight excluding hydrogens is 304 g/mol. The third kappa shape index (κ3) is 6.33. The van der Waals surface area contributed by atoms with Crippen LogP contribution in [-0.4, -0.2) is 70.7 Å². The molecule has 0 spiro atoms. The number of hydrogen-bond acceptors (Lipinski definition) is 10. The van der Waals surface area contributed by atoms with Crippen LogP contribution in [0.5, 0.6) is 0 Å². The van der Waals surface area contributed by atoms with Crippen LogP contribution in [0.3, 0.4) is 0 Å². The normalized spacial score (nSPS) is 12.7. The molecule has 2 atom stereocenters. The van der Waals surface area contributed by atoms with Crippen molar-refractivity contribution >= 4 is 35.1 Å². The quantitative estimate of drug-likeness (QED) is 0.333. The number of rotatable bonds is 9. The van der Waals surface area contributed by atoms with Crippen LogP contribution in [-0.2, 0) is 38.2 Å². The second kappa shape index (κ2) is 8.74. The van der Waals surface area contributed by atoms with E-state index >= 15 is 0 Å². The monoisotopic (exact) mass is 318 g/mol. The molecular formula is C12H14O10. The van der Waals surface area contributed by atoms with E-state index in [1.54, 1.807) is 0 Å². The Morgan fingerprint density at radius 3 is 1.23 bits per heavy atom. The van der Waals surface area contributed by atoms with Gasteiger partial charge in [-0.1, -0.05) is 0 Å². The molecule has 122 valence electrons. The molecule has 0 rings (SSSR count). The number of aliphatic hydroxyl groups is 2. The Balaban J connectivity index is 4.42. The van der Waals surface area contributed by atoms with Gasteiger partial charge in [-0.15, -0.1) is 0 Å². The van der Waals surface area contributed by atoms with Gasteiger partial charge in [0, 0.05) is 13.8 Å². The third-order valence-electron chi connectivity index (χ3n) is 2.26. The molecule has 2 N–H and O–H groups in total. The Kier molecular flexibility index (Phi) is 7.77. The minimum Gasteiger partial charge on any atom is -0.455 e. The molecule has 0 bridgehead atoms. The summed E-state index contributed by atoms with van der Waals surface area (Å²) in [5.41, 5.74) is 0. The predicted molar refractivity (Wildman–Crippen MR) is 65.3 cm³/mol. The molecule has 0 radical (unpaired) electrons. The summed E-state index contributed by atoms with van der Waals surface area (Å²) in [6, 6.07) is 0. The fraction of sp³-hybridized carbons (Fsp3) is 0.500. The van der Waals surface area contributed by atoms with E-state index in [4.69, 9.17) is 0 Å². The minimum atomic E-state index is -2.39. The van der Waals surface area contributed by atoms with Gasteiger partial charge in [0.2, 0.25) is 11.6 Å². The smallest absolute Gasteiger partial charge is 0.338 e. The lowest BCUT2D eigenvalue weighted by Crippen LogP contribution is -2.43. The Morgan fingerprint density at radius 2 is 1.00 bits per heavy atom. The summed E-state index contributed by atoms with van der Waals surface area (Å²) in [5.74, 6) is -6.96. The maximum absolute atomic E-state index is 11.2. The van der Waals surface area contributed by atoms with Gasteiger partial charge in [-0.25, -0.2) is 9.59 Å². The number of aliphatic hydroxyl groups excluding tert-OH is 2. The Morgan fingerprint density at radius 1 is 0.727 bits per heavy atom. The molecule has 0 aromatic heterocycles. The fourth-order valence-electron chi connectivity index (χ4n) is 0.905. The fourth-order valence-corrected chi connectivity index (χ4v) is 0.905. The Bertz CT molecular complexity index is 460. The number of carbonyl (C=O) groups excluding carboxylic acids is 6. The van der Waals surface area contributed by atoms with Crippen molar-refractivity contribution in [2.75, 3.05) is 13.2 Å². The molecule has 0 heterocycles. The second-order valence-corrected chi connectivity index (χ2v) is 4.06. The highest BCUT2D eigenvalue weighted by Gasteiger charge is 2.33. The Labute approximate surface area is 124 Å². The van der Waals surface area contributed by atoms with Crippen molar-refractivity contribution in [3.63, 3.8) is 0 Å². The van der Waals surface area contributed by atoms with Gasteiger partial charge < -0.3 is 19.7 Å². The lowest BCUT2D eigenvalue weighted by Gasteiger charge is -2.15. The van der Waals surface area contributed by atoms with Gasteiger partial charge in [-0.2, -0.15) is 0 Å². The summed E-state index contributed by atoms with van der Waals surface area (Å²) in [7, 11) is 0. The van der Waals surface area contributed by atoms with Crippen molar-refractivity contribution in [2.24, 2.45) is 0 Å². The van der Waals surface area contributed by atoms with E-state index < -0.39 is 60.5 Å². The van der Waals surface area contributed by atoms with Crippen molar-refractivity contribution in [1.82, 2.24) is 0 Å². The molecule has 0 saturated carbocycles. The third-order valence-corrected chi connectivity index (χ3v) is 2.26. The van der Waals surface area contributed by atoms with Crippen LogP contribution >= 0.6 is 0 Å². The van der Waals surface area contributed by atoms with Crippen LogP contribution in [0.25, 0.3) is 0 Å². The SMILES string of the molecule is CC(=O)C(=O)COC(=O)C(O)C(O)C(=O)OCC(=O)C(C)=O. The first-order valence-electron chi connectivity index (χ1n) is 5.84. The average molecular weight is 318 g/mol. The van der Waals surface area contributed by atoms with E-state index in [-0.39, 0.29) is 0 Å². The van der Waals surface area contributed by atoms with Crippen molar-refractivity contribution in [3.05, 3.63) is 0 Å². The molecule has 0 amide bonds. The molecule has 2 unspecified atom stereocenters. The zero-order valence-corrected chi connectivity index (χ0v) is 11.7. The molecule has 0 aliphatic heterocycles. The van der Waals surface area contributed by atoms with E-state index in [0.29, 0.717) is 0 Å². The van der Waals surface area contributed by atoms with Crippen LogP contribution in [0.15, 0.2) is 0 Å². The molecule has 22 heavy (non-hydrogen) atoms. The van der Waals surface area contributed by atoms with Gasteiger partial charge in [0.25, 0.3) is 0 Å². The van der Waals surface area contributed by atoms with E-state index in [9.17, 15) is 39.0 Å².